The molecule has 4 heteroatoms. The predicted molar refractivity (Wildman–Crippen MR) is 71.7 cm³/mol. The van der Waals surface area contributed by atoms with E-state index in [2.05, 4.69) is 0 Å². The van der Waals surface area contributed by atoms with Crippen LogP contribution in [0.5, 0.6) is 0 Å². The van der Waals surface area contributed by atoms with Gasteiger partial charge in [-0.1, -0.05) is 12.1 Å². The summed E-state index contributed by atoms with van der Waals surface area (Å²) < 4.78 is 3.59. The zero-order chi connectivity index (χ0) is 12.7. The standard InChI is InChI=1S/C14H17N3O/c1-10-11(3-2-4-13(10)15)9-16-7-8-17(14(16)18)12-5-6-12/h2-4,7-8,12H,5-6,9,15H2,1H3. The Morgan fingerprint density at radius 1 is 1.33 bits per heavy atom. The van der Waals surface area contributed by atoms with Gasteiger partial charge in [0.15, 0.2) is 0 Å². The summed E-state index contributed by atoms with van der Waals surface area (Å²) in [6, 6.07) is 6.27. The number of anilines is 1. The molecule has 0 saturated heterocycles. The minimum atomic E-state index is 0.0827. The molecule has 1 aromatic carbocycles. The van der Waals surface area contributed by atoms with Crippen molar-refractivity contribution in [3.05, 3.63) is 52.2 Å². The Labute approximate surface area is 106 Å². The van der Waals surface area contributed by atoms with Crippen molar-refractivity contribution in [2.45, 2.75) is 32.4 Å². The quantitative estimate of drug-likeness (QED) is 0.837. The lowest BCUT2D eigenvalue weighted by Crippen LogP contribution is -2.24. The maximum atomic E-state index is 12.1. The highest BCUT2D eigenvalue weighted by atomic mass is 16.1. The van der Waals surface area contributed by atoms with Crippen molar-refractivity contribution >= 4 is 5.69 Å². The second kappa shape index (κ2) is 4.05. The fourth-order valence-electron chi connectivity index (χ4n) is 2.24. The Bertz CT molecular complexity index is 635. The van der Waals surface area contributed by atoms with E-state index >= 15 is 0 Å². The molecule has 1 saturated carbocycles. The predicted octanol–water partition coefficient (Wildman–Crippen LogP) is 1.92. The van der Waals surface area contributed by atoms with Crippen molar-refractivity contribution < 1.29 is 0 Å². The molecule has 94 valence electrons. The number of benzene rings is 1. The van der Waals surface area contributed by atoms with Crippen molar-refractivity contribution in [1.29, 1.82) is 0 Å². The SMILES string of the molecule is Cc1c(N)cccc1Cn1ccn(C2CC2)c1=O. The summed E-state index contributed by atoms with van der Waals surface area (Å²) >= 11 is 0. The van der Waals surface area contributed by atoms with Gasteiger partial charge in [0.25, 0.3) is 0 Å². The first kappa shape index (κ1) is 11.1. The van der Waals surface area contributed by atoms with Crippen molar-refractivity contribution in [3.8, 4) is 0 Å². The maximum Gasteiger partial charge on any atom is 0.328 e. The summed E-state index contributed by atoms with van der Waals surface area (Å²) in [6.07, 6.45) is 6.01. The Hall–Kier alpha value is -1.97. The molecule has 0 atom stereocenters. The zero-order valence-corrected chi connectivity index (χ0v) is 10.5. The molecule has 2 aromatic rings. The summed E-state index contributed by atoms with van der Waals surface area (Å²) in [7, 11) is 0. The molecule has 1 aromatic heterocycles. The Morgan fingerprint density at radius 3 is 2.83 bits per heavy atom. The number of nitrogens with two attached hydrogens (primary N) is 1. The lowest BCUT2D eigenvalue weighted by Gasteiger charge is -2.08. The number of aromatic nitrogens is 2. The van der Waals surface area contributed by atoms with Crippen LogP contribution in [-0.2, 0) is 6.54 Å². The van der Waals surface area contributed by atoms with E-state index in [4.69, 9.17) is 5.73 Å². The van der Waals surface area contributed by atoms with Crippen molar-refractivity contribution in [3.63, 3.8) is 0 Å². The summed E-state index contributed by atoms with van der Waals surface area (Å²) in [5, 5.41) is 0. The number of imidazole rings is 1. The van der Waals surface area contributed by atoms with E-state index < -0.39 is 0 Å². The highest BCUT2D eigenvalue weighted by molar-refractivity contribution is 5.49. The third-order valence-corrected chi connectivity index (χ3v) is 3.64. The summed E-state index contributed by atoms with van der Waals surface area (Å²) in [5.41, 5.74) is 8.91. The van der Waals surface area contributed by atoms with E-state index in [1.807, 2.05) is 42.1 Å². The molecule has 1 heterocycles. The highest BCUT2D eigenvalue weighted by Gasteiger charge is 2.25. The Balaban J connectivity index is 1.92. The van der Waals surface area contributed by atoms with Gasteiger partial charge >= 0.3 is 5.69 Å². The molecule has 0 aliphatic heterocycles. The van der Waals surface area contributed by atoms with Crippen LogP contribution in [0.2, 0.25) is 0 Å². The lowest BCUT2D eigenvalue weighted by atomic mass is 10.1. The van der Waals surface area contributed by atoms with Gasteiger partial charge in [0, 0.05) is 24.1 Å². The van der Waals surface area contributed by atoms with Gasteiger partial charge in [0.05, 0.1) is 6.54 Å². The van der Waals surface area contributed by atoms with E-state index in [1.165, 1.54) is 0 Å². The van der Waals surface area contributed by atoms with E-state index in [9.17, 15) is 4.79 Å². The van der Waals surface area contributed by atoms with E-state index in [1.54, 1.807) is 4.57 Å². The smallest absolute Gasteiger partial charge is 0.328 e. The van der Waals surface area contributed by atoms with Gasteiger partial charge < -0.3 is 5.73 Å². The van der Waals surface area contributed by atoms with Crippen molar-refractivity contribution in [1.82, 2.24) is 9.13 Å². The van der Waals surface area contributed by atoms with E-state index in [0.717, 1.165) is 29.7 Å². The number of rotatable bonds is 3. The van der Waals surface area contributed by atoms with Crippen molar-refractivity contribution in [2.24, 2.45) is 0 Å². The van der Waals surface area contributed by atoms with Crippen molar-refractivity contribution in [2.75, 3.05) is 5.73 Å². The van der Waals surface area contributed by atoms with E-state index in [-0.39, 0.29) is 5.69 Å². The normalized spacial score (nSPS) is 14.9. The molecule has 1 aliphatic rings. The molecule has 0 spiro atoms. The lowest BCUT2D eigenvalue weighted by molar-refractivity contribution is 0.655. The molecule has 0 amide bonds. The minimum Gasteiger partial charge on any atom is -0.399 e. The number of hydrogen-bond donors (Lipinski definition) is 1. The fourth-order valence-corrected chi connectivity index (χ4v) is 2.24. The molecule has 0 radical (unpaired) electrons. The first-order valence-corrected chi connectivity index (χ1v) is 6.28. The van der Waals surface area contributed by atoms with Crippen LogP contribution in [0.15, 0.2) is 35.4 Å². The topological polar surface area (TPSA) is 52.9 Å². The molecule has 0 unspecified atom stereocenters. The third kappa shape index (κ3) is 1.83. The van der Waals surface area contributed by atoms with Crippen LogP contribution in [0.25, 0.3) is 0 Å². The van der Waals surface area contributed by atoms with Crippen LogP contribution in [0, 0.1) is 6.92 Å². The maximum absolute atomic E-state index is 12.1. The first-order valence-electron chi connectivity index (χ1n) is 6.28. The van der Waals surface area contributed by atoms with Crippen LogP contribution in [0.3, 0.4) is 0 Å². The highest BCUT2D eigenvalue weighted by Crippen LogP contribution is 2.33. The molecule has 1 fully saturated rings. The average molecular weight is 243 g/mol. The van der Waals surface area contributed by atoms with Gasteiger partial charge in [-0.25, -0.2) is 4.79 Å². The van der Waals surface area contributed by atoms with Crippen LogP contribution in [0.4, 0.5) is 5.69 Å². The fraction of sp³-hybridized carbons (Fsp3) is 0.357. The molecular weight excluding hydrogens is 226 g/mol. The Morgan fingerprint density at radius 2 is 2.11 bits per heavy atom. The van der Waals surface area contributed by atoms with Gasteiger partial charge in [-0.2, -0.15) is 0 Å². The van der Waals surface area contributed by atoms with Crippen LogP contribution < -0.4 is 11.4 Å². The molecule has 4 nitrogen and oxygen atoms in total. The average Bonchev–Trinajstić information content (AvgIpc) is 3.12. The molecule has 18 heavy (non-hydrogen) atoms. The molecule has 1 aliphatic carbocycles. The second-order valence-electron chi connectivity index (χ2n) is 4.98. The number of nitrogens with zero attached hydrogens (tertiary/aromatic N) is 2. The monoisotopic (exact) mass is 243 g/mol. The summed E-state index contributed by atoms with van der Waals surface area (Å²) in [4.78, 5) is 12.1. The van der Waals surface area contributed by atoms with Gasteiger partial charge in [-0.3, -0.25) is 9.13 Å². The second-order valence-corrected chi connectivity index (χ2v) is 4.98. The first-order chi connectivity index (χ1) is 8.66. The van der Waals surface area contributed by atoms with Crippen LogP contribution >= 0.6 is 0 Å². The number of nitrogen functional groups attached to an aromatic ring is 1. The number of hydrogen-bond acceptors (Lipinski definition) is 2. The Kier molecular flexibility index (Phi) is 2.51. The largest absolute Gasteiger partial charge is 0.399 e. The van der Waals surface area contributed by atoms with Gasteiger partial charge in [0.2, 0.25) is 0 Å². The van der Waals surface area contributed by atoms with Gasteiger partial charge in [-0.05, 0) is 37.0 Å². The van der Waals surface area contributed by atoms with E-state index in [0.29, 0.717) is 12.6 Å². The van der Waals surface area contributed by atoms with Crippen LogP contribution in [0.1, 0.15) is 30.0 Å². The summed E-state index contributed by atoms with van der Waals surface area (Å²) in [5.74, 6) is 0. The zero-order valence-electron chi connectivity index (χ0n) is 10.5. The van der Waals surface area contributed by atoms with Gasteiger partial charge in [0.1, 0.15) is 0 Å². The molecule has 3 rings (SSSR count). The third-order valence-electron chi connectivity index (χ3n) is 3.64. The minimum absolute atomic E-state index is 0.0827. The summed E-state index contributed by atoms with van der Waals surface area (Å²) in [6.45, 7) is 2.59. The molecule has 2 N–H and O–H groups in total. The van der Waals surface area contributed by atoms with Crippen LogP contribution in [-0.4, -0.2) is 9.13 Å². The molecular formula is C14H17N3O. The molecule has 0 bridgehead atoms. The van der Waals surface area contributed by atoms with Gasteiger partial charge in [-0.15, -0.1) is 0 Å².